The first-order valence-corrected chi connectivity index (χ1v) is 9.38. The van der Waals surface area contributed by atoms with Gasteiger partial charge in [0.25, 0.3) is 5.91 Å². The number of aryl methyl sites for hydroxylation is 1. The molecule has 2 aromatic carbocycles. The van der Waals surface area contributed by atoms with Crippen LogP contribution in [0, 0.1) is 0 Å². The molecule has 0 atom stereocenters. The van der Waals surface area contributed by atoms with Crippen molar-refractivity contribution in [1.82, 2.24) is 15.1 Å². The number of hydrogen-bond donors (Lipinski definition) is 2. The smallest absolute Gasteiger partial charge is 0.251 e. The Morgan fingerprint density at radius 1 is 0.964 bits per heavy atom. The van der Waals surface area contributed by atoms with Crippen molar-refractivity contribution in [2.45, 2.75) is 26.3 Å². The number of nitrogens with one attached hydrogen (secondary N) is 2. The number of hydrogen-bond acceptors (Lipinski definition) is 3. The van der Waals surface area contributed by atoms with Gasteiger partial charge in [0.05, 0.1) is 12.7 Å². The molecule has 1 aromatic heterocycles. The van der Waals surface area contributed by atoms with Crippen LogP contribution < -0.4 is 10.6 Å². The molecule has 0 radical (unpaired) electrons. The van der Waals surface area contributed by atoms with Crippen LogP contribution >= 0.6 is 0 Å². The van der Waals surface area contributed by atoms with Crippen molar-refractivity contribution in [3.8, 4) is 0 Å². The van der Waals surface area contributed by atoms with Crippen LogP contribution in [-0.4, -0.2) is 28.1 Å². The average molecular weight is 376 g/mol. The van der Waals surface area contributed by atoms with Gasteiger partial charge in [-0.15, -0.1) is 0 Å². The summed E-state index contributed by atoms with van der Waals surface area (Å²) in [4.78, 5) is 24.2. The van der Waals surface area contributed by atoms with Crippen molar-refractivity contribution >= 4 is 17.6 Å². The zero-order valence-electron chi connectivity index (χ0n) is 15.9. The standard InChI is InChI=1S/C22H24N4O2/c1-2-17-8-10-18(11-9-17)16-26-20(12-15-24-26)25-21(27)13-14-23-22(28)19-6-4-3-5-7-19/h3-12,15H,2,13-14,16H2,1H3,(H,23,28)(H,25,27). The topological polar surface area (TPSA) is 76.0 Å². The largest absolute Gasteiger partial charge is 0.352 e. The third kappa shape index (κ3) is 5.30. The fourth-order valence-electron chi connectivity index (χ4n) is 2.80. The Morgan fingerprint density at radius 3 is 2.39 bits per heavy atom. The second kappa shape index (κ2) is 9.50. The van der Waals surface area contributed by atoms with Crippen LogP contribution in [-0.2, 0) is 17.8 Å². The van der Waals surface area contributed by atoms with E-state index in [1.165, 1.54) is 5.56 Å². The maximum Gasteiger partial charge on any atom is 0.251 e. The lowest BCUT2D eigenvalue weighted by atomic mass is 10.1. The molecule has 0 spiro atoms. The molecule has 3 rings (SSSR count). The quantitative estimate of drug-likeness (QED) is 0.634. The minimum absolute atomic E-state index is 0.170. The summed E-state index contributed by atoms with van der Waals surface area (Å²) in [6, 6.07) is 19.1. The van der Waals surface area contributed by atoms with E-state index in [1.54, 1.807) is 41.2 Å². The van der Waals surface area contributed by atoms with E-state index >= 15 is 0 Å². The number of carbonyl (C=O) groups excluding carboxylic acids is 2. The van der Waals surface area contributed by atoms with Gasteiger partial charge in [0.2, 0.25) is 5.91 Å². The normalized spacial score (nSPS) is 10.5. The first-order chi connectivity index (χ1) is 13.7. The zero-order valence-corrected chi connectivity index (χ0v) is 15.9. The molecule has 144 valence electrons. The minimum Gasteiger partial charge on any atom is -0.352 e. The van der Waals surface area contributed by atoms with Crippen molar-refractivity contribution in [1.29, 1.82) is 0 Å². The van der Waals surface area contributed by atoms with E-state index < -0.39 is 0 Å². The van der Waals surface area contributed by atoms with E-state index in [0.29, 0.717) is 17.9 Å². The van der Waals surface area contributed by atoms with E-state index in [1.807, 2.05) is 6.07 Å². The predicted octanol–water partition coefficient (Wildman–Crippen LogP) is 3.25. The number of carbonyl (C=O) groups is 2. The first-order valence-electron chi connectivity index (χ1n) is 9.38. The average Bonchev–Trinajstić information content (AvgIpc) is 3.15. The Morgan fingerprint density at radius 2 is 1.68 bits per heavy atom. The summed E-state index contributed by atoms with van der Waals surface area (Å²) in [5, 5.41) is 9.90. The molecule has 2 amide bonds. The second-order valence-electron chi connectivity index (χ2n) is 6.46. The molecule has 0 aliphatic rings. The monoisotopic (exact) mass is 376 g/mol. The van der Waals surface area contributed by atoms with E-state index in [2.05, 4.69) is 46.9 Å². The highest BCUT2D eigenvalue weighted by Gasteiger charge is 2.09. The Labute approximate surface area is 164 Å². The molecule has 0 bridgehead atoms. The van der Waals surface area contributed by atoms with Crippen molar-refractivity contribution in [2.24, 2.45) is 0 Å². The molecule has 6 nitrogen and oxygen atoms in total. The summed E-state index contributed by atoms with van der Waals surface area (Å²) in [5.41, 5.74) is 2.98. The van der Waals surface area contributed by atoms with Gasteiger partial charge in [-0.25, -0.2) is 4.68 Å². The van der Waals surface area contributed by atoms with Crippen molar-refractivity contribution in [2.75, 3.05) is 11.9 Å². The minimum atomic E-state index is -0.186. The number of amides is 2. The SMILES string of the molecule is CCc1ccc(Cn2nccc2NC(=O)CCNC(=O)c2ccccc2)cc1. The van der Waals surface area contributed by atoms with Gasteiger partial charge in [-0.3, -0.25) is 9.59 Å². The summed E-state index contributed by atoms with van der Waals surface area (Å²) in [5.74, 6) is 0.282. The van der Waals surface area contributed by atoms with E-state index in [0.717, 1.165) is 12.0 Å². The highest BCUT2D eigenvalue weighted by Crippen LogP contribution is 2.12. The molecule has 2 N–H and O–H groups in total. The highest BCUT2D eigenvalue weighted by atomic mass is 16.2. The lowest BCUT2D eigenvalue weighted by Crippen LogP contribution is -2.28. The zero-order chi connectivity index (χ0) is 19.8. The van der Waals surface area contributed by atoms with Crippen LogP contribution in [0.2, 0.25) is 0 Å². The molecule has 0 unspecified atom stereocenters. The maximum absolute atomic E-state index is 12.2. The van der Waals surface area contributed by atoms with E-state index in [-0.39, 0.29) is 24.8 Å². The van der Waals surface area contributed by atoms with Crippen LogP contribution in [0.3, 0.4) is 0 Å². The summed E-state index contributed by atoms with van der Waals surface area (Å²) < 4.78 is 1.75. The highest BCUT2D eigenvalue weighted by molar-refractivity contribution is 5.95. The maximum atomic E-state index is 12.2. The van der Waals surface area contributed by atoms with Crippen LogP contribution in [0.15, 0.2) is 66.9 Å². The molecule has 0 saturated heterocycles. The van der Waals surface area contributed by atoms with Gasteiger partial charge >= 0.3 is 0 Å². The summed E-state index contributed by atoms with van der Waals surface area (Å²) >= 11 is 0. The first kappa shape index (κ1) is 19.4. The van der Waals surface area contributed by atoms with Crippen LogP contribution in [0.1, 0.15) is 34.8 Å². The van der Waals surface area contributed by atoms with Crippen LogP contribution in [0.25, 0.3) is 0 Å². The summed E-state index contributed by atoms with van der Waals surface area (Å²) in [6.45, 7) is 2.97. The summed E-state index contributed by atoms with van der Waals surface area (Å²) in [7, 11) is 0. The van der Waals surface area contributed by atoms with Gasteiger partial charge in [0, 0.05) is 24.6 Å². The third-order valence-corrected chi connectivity index (χ3v) is 4.42. The number of rotatable bonds is 8. The van der Waals surface area contributed by atoms with Crippen LogP contribution in [0.4, 0.5) is 5.82 Å². The second-order valence-corrected chi connectivity index (χ2v) is 6.46. The van der Waals surface area contributed by atoms with Crippen molar-refractivity contribution in [3.63, 3.8) is 0 Å². The van der Waals surface area contributed by atoms with Crippen molar-refractivity contribution in [3.05, 3.63) is 83.6 Å². The molecule has 3 aromatic rings. The molecule has 0 saturated carbocycles. The van der Waals surface area contributed by atoms with Gasteiger partial charge in [-0.1, -0.05) is 49.4 Å². The van der Waals surface area contributed by atoms with Gasteiger partial charge in [0.1, 0.15) is 5.82 Å². The molecule has 28 heavy (non-hydrogen) atoms. The number of aromatic nitrogens is 2. The van der Waals surface area contributed by atoms with E-state index in [9.17, 15) is 9.59 Å². The van der Waals surface area contributed by atoms with E-state index in [4.69, 9.17) is 0 Å². The molecular formula is C22H24N4O2. The molecule has 0 aliphatic carbocycles. The molecule has 0 aliphatic heterocycles. The Bertz CT molecular complexity index is 917. The summed E-state index contributed by atoms with van der Waals surface area (Å²) in [6.07, 6.45) is 2.85. The number of anilines is 1. The van der Waals surface area contributed by atoms with Gasteiger partial charge in [-0.05, 0) is 29.7 Å². The molecule has 6 heteroatoms. The molecular weight excluding hydrogens is 352 g/mol. The Hall–Kier alpha value is -3.41. The number of nitrogens with zero attached hydrogens (tertiary/aromatic N) is 2. The number of benzene rings is 2. The van der Waals surface area contributed by atoms with Gasteiger partial charge in [-0.2, -0.15) is 5.10 Å². The Balaban J connectivity index is 1.49. The Kier molecular flexibility index (Phi) is 6.57. The fraction of sp³-hybridized carbons (Fsp3) is 0.227. The lowest BCUT2D eigenvalue weighted by Gasteiger charge is -2.10. The third-order valence-electron chi connectivity index (χ3n) is 4.42. The predicted molar refractivity (Wildman–Crippen MR) is 109 cm³/mol. The lowest BCUT2D eigenvalue weighted by molar-refractivity contribution is -0.116. The van der Waals surface area contributed by atoms with Crippen LogP contribution in [0.5, 0.6) is 0 Å². The van der Waals surface area contributed by atoms with Crippen molar-refractivity contribution < 1.29 is 9.59 Å². The van der Waals surface area contributed by atoms with Gasteiger partial charge < -0.3 is 10.6 Å². The van der Waals surface area contributed by atoms with Gasteiger partial charge in [0.15, 0.2) is 0 Å². The fourth-order valence-corrected chi connectivity index (χ4v) is 2.80. The molecule has 1 heterocycles. The molecule has 0 fully saturated rings.